The van der Waals surface area contributed by atoms with Crippen LogP contribution in [0.1, 0.15) is 10.4 Å². The van der Waals surface area contributed by atoms with Gasteiger partial charge in [-0.3, -0.25) is 4.79 Å². The minimum atomic E-state index is -0.211. The van der Waals surface area contributed by atoms with Crippen LogP contribution in [0, 0.1) is 0 Å². The molecular formula is C17H11BrClNO. The zero-order valence-electron chi connectivity index (χ0n) is 10.9. The van der Waals surface area contributed by atoms with Gasteiger partial charge in [-0.1, -0.05) is 51.8 Å². The number of carbonyl (C=O) groups is 1. The molecule has 0 saturated carbocycles. The smallest absolute Gasteiger partial charge is 0.257 e. The molecule has 0 unspecified atom stereocenters. The second-order valence-electron chi connectivity index (χ2n) is 4.64. The first-order valence-corrected chi connectivity index (χ1v) is 7.56. The minimum Gasteiger partial charge on any atom is -0.322 e. The average Bonchev–Trinajstić information content (AvgIpc) is 2.48. The Morgan fingerprint density at radius 1 is 0.952 bits per heavy atom. The molecule has 104 valence electrons. The summed E-state index contributed by atoms with van der Waals surface area (Å²) < 4.78 is 1.03. The van der Waals surface area contributed by atoms with Gasteiger partial charge >= 0.3 is 0 Å². The maximum Gasteiger partial charge on any atom is 0.257 e. The highest BCUT2D eigenvalue weighted by Crippen LogP contribution is 2.24. The number of benzene rings is 3. The van der Waals surface area contributed by atoms with Gasteiger partial charge in [0.2, 0.25) is 0 Å². The van der Waals surface area contributed by atoms with E-state index in [9.17, 15) is 4.79 Å². The second-order valence-corrected chi connectivity index (χ2v) is 5.96. The van der Waals surface area contributed by atoms with Crippen LogP contribution >= 0.6 is 27.5 Å². The molecule has 0 aliphatic rings. The van der Waals surface area contributed by atoms with Crippen LogP contribution in [0.15, 0.2) is 65.1 Å². The molecule has 0 aromatic heterocycles. The van der Waals surface area contributed by atoms with E-state index < -0.39 is 0 Å². The molecule has 0 radical (unpaired) electrons. The third-order valence-corrected chi connectivity index (χ3v) is 4.00. The maximum atomic E-state index is 12.2. The third kappa shape index (κ3) is 3.09. The Bertz CT molecular complexity index is 832. The highest BCUT2D eigenvalue weighted by molar-refractivity contribution is 9.10. The normalized spacial score (nSPS) is 10.6. The monoisotopic (exact) mass is 359 g/mol. The maximum absolute atomic E-state index is 12.2. The van der Waals surface area contributed by atoms with E-state index in [0.29, 0.717) is 10.6 Å². The summed E-state index contributed by atoms with van der Waals surface area (Å²) in [4.78, 5) is 12.2. The molecule has 3 aromatic rings. The van der Waals surface area contributed by atoms with E-state index in [2.05, 4.69) is 21.2 Å². The zero-order valence-corrected chi connectivity index (χ0v) is 13.3. The molecule has 0 atom stereocenters. The lowest BCUT2D eigenvalue weighted by Crippen LogP contribution is -2.12. The van der Waals surface area contributed by atoms with E-state index in [-0.39, 0.29) is 5.91 Å². The van der Waals surface area contributed by atoms with Gasteiger partial charge in [-0.25, -0.2) is 0 Å². The summed E-state index contributed by atoms with van der Waals surface area (Å²) in [7, 11) is 0. The summed E-state index contributed by atoms with van der Waals surface area (Å²) in [6, 6.07) is 18.8. The van der Waals surface area contributed by atoms with E-state index >= 15 is 0 Å². The SMILES string of the molecule is O=C(Nc1ccc2cc(Br)ccc2c1)c1ccccc1Cl. The topological polar surface area (TPSA) is 29.1 Å². The summed E-state index contributed by atoms with van der Waals surface area (Å²) in [5.41, 5.74) is 1.21. The lowest BCUT2D eigenvalue weighted by atomic mass is 10.1. The van der Waals surface area contributed by atoms with Gasteiger partial charge in [0.25, 0.3) is 5.91 Å². The Kier molecular flexibility index (Phi) is 3.95. The predicted octanol–water partition coefficient (Wildman–Crippen LogP) is 5.51. The fourth-order valence-electron chi connectivity index (χ4n) is 2.14. The Hall–Kier alpha value is -1.84. The van der Waals surface area contributed by atoms with Crippen LogP contribution in [-0.2, 0) is 0 Å². The molecule has 4 heteroatoms. The molecule has 0 bridgehead atoms. The highest BCUT2D eigenvalue weighted by Gasteiger charge is 2.09. The van der Waals surface area contributed by atoms with Crippen molar-refractivity contribution >= 4 is 49.9 Å². The number of hydrogen-bond acceptors (Lipinski definition) is 1. The van der Waals surface area contributed by atoms with E-state index in [4.69, 9.17) is 11.6 Å². The number of halogens is 2. The summed E-state index contributed by atoms with van der Waals surface area (Å²) >= 11 is 9.48. The fraction of sp³-hybridized carbons (Fsp3) is 0. The van der Waals surface area contributed by atoms with Crippen LogP contribution < -0.4 is 5.32 Å². The first kappa shape index (κ1) is 14.1. The van der Waals surface area contributed by atoms with Crippen molar-refractivity contribution in [1.29, 1.82) is 0 Å². The second kappa shape index (κ2) is 5.88. The van der Waals surface area contributed by atoms with Gasteiger partial charge in [-0.2, -0.15) is 0 Å². The van der Waals surface area contributed by atoms with Crippen molar-refractivity contribution in [2.45, 2.75) is 0 Å². The Balaban J connectivity index is 1.90. The summed E-state index contributed by atoms with van der Waals surface area (Å²) in [6.07, 6.45) is 0. The van der Waals surface area contributed by atoms with E-state index in [1.54, 1.807) is 24.3 Å². The van der Waals surface area contributed by atoms with Crippen molar-refractivity contribution < 1.29 is 4.79 Å². The molecule has 0 spiro atoms. The van der Waals surface area contributed by atoms with Crippen molar-refractivity contribution in [1.82, 2.24) is 0 Å². The van der Waals surface area contributed by atoms with Crippen LogP contribution in [-0.4, -0.2) is 5.91 Å². The van der Waals surface area contributed by atoms with Gasteiger partial charge in [0.15, 0.2) is 0 Å². The molecule has 3 rings (SSSR count). The van der Waals surface area contributed by atoms with Crippen LogP contribution in [0.3, 0.4) is 0 Å². The number of hydrogen-bond donors (Lipinski definition) is 1. The molecule has 2 nitrogen and oxygen atoms in total. The Labute approximate surface area is 135 Å². The largest absolute Gasteiger partial charge is 0.322 e. The van der Waals surface area contributed by atoms with Crippen molar-refractivity contribution in [2.24, 2.45) is 0 Å². The van der Waals surface area contributed by atoms with Gasteiger partial charge < -0.3 is 5.32 Å². The van der Waals surface area contributed by atoms with E-state index in [1.165, 1.54) is 0 Å². The van der Waals surface area contributed by atoms with Crippen molar-refractivity contribution in [3.8, 4) is 0 Å². The van der Waals surface area contributed by atoms with Crippen LogP contribution in [0.4, 0.5) is 5.69 Å². The Morgan fingerprint density at radius 3 is 2.48 bits per heavy atom. The molecule has 0 heterocycles. The number of amides is 1. The van der Waals surface area contributed by atoms with Gasteiger partial charge in [0.05, 0.1) is 10.6 Å². The highest BCUT2D eigenvalue weighted by atomic mass is 79.9. The molecule has 1 amide bonds. The third-order valence-electron chi connectivity index (χ3n) is 3.18. The number of anilines is 1. The molecule has 0 saturated heterocycles. The van der Waals surface area contributed by atoms with Crippen LogP contribution in [0.5, 0.6) is 0 Å². The number of rotatable bonds is 2. The zero-order chi connectivity index (χ0) is 14.8. The summed E-state index contributed by atoms with van der Waals surface area (Å²) in [5.74, 6) is -0.211. The van der Waals surface area contributed by atoms with E-state index in [0.717, 1.165) is 20.9 Å². The molecular weight excluding hydrogens is 350 g/mol. The standard InChI is InChI=1S/C17H11BrClNO/c18-13-7-5-12-10-14(8-6-11(12)9-13)20-17(21)15-3-1-2-4-16(15)19/h1-10H,(H,20,21). The van der Waals surface area contributed by atoms with Crippen LogP contribution in [0.25, 0.3) is 10.8 Å². The Morgan fingerprint density at radius 2 is 1.67 bits per heavy atom. The van der Waals surface area contributed by atoms with Crippen molar-refractivity contribution in [3.63, 3.8) is 0 Å². The van der Waals surface area contributed by atoms with Gasteiger partial charge in [-0.05, 0) is 47.2 Å². The molecule has 3 aromatic carbocycles. The predicted molar refractivity (Wildman–Crippen MR) is 91.1 cm³/mol. The molecule has 0 aliphatic carbocycles. The lowest BCUT2D eigenvalue weighted by Gasteiger charge is -2.08. The molecule has 0 aliphatic heterocycles. The van der Waals surface area contributed by atoms with Gasteiger partial charge in [0.1, 0.15) is 0 Å². The first-order valence-electron chi connectivity index (χ1n) is 6.39. The summed E-state index contributed by atoms with van der Waals surface area (Å²) in [6.45, 7) is 0. The quantitative estimate of drug-likeness (QED) is 0.641. The number of carbonyl (C=O) groups excluding carboxylic acids is 1. The number of fused-ring (bicyclic) bond motifs is 1. The van der Waals surface area contributed by atoms with Crippen molar-refractivity contribution in [3.05, 3.63) is 75.7 Å². The van der Waals surface area contributed by atoms with Gasteiger partial charge in [0, 0.05) is 10.2 Å². The molecule has 21 heavy (non-hydrogen) atoms. The molecule has 0 fully saturated rings. The first-order chi connectivity index (χ1) is 10.1. The lowest BCUT2D eigenvalue weighted by molar-refractivity contribution is 0.102. The fourth-order valence-corrected chi connectivity index (χ4v) is 2.74. The van der Waals surface area contributed by atoms with Gasteiger partial charge in [-0.15, -0.1) is 0 Å². The van der Waals surface area contributed by atoms with Crippen molar-refractivity contribution in [2.75, 3.05) is 5.32 Å². The average molecular weight is 361 g/mol. The minimum absolute atomic E-state index is 0.211. The molecule has 1 N–H and O–H groups in total. The van der Waals surface area contributed by atoms with Crippen LogP contribution in [0.2, 0.25) is 5.02 Å². The number of nitrogens with one attached hydrogen (secondary N) is 1. The summed E-state index contributed by atoms with van der Waals surface area (Å²) in [5, 5.41) is 5.49. The van der Waals surface area contributed by atoms with E-state index in [1.807, 2.05) is 36.4 Å².